The molecule has 1 saturated heterocycles. The molecule has 1 fully saturated rings. The number of nitrogens with one attached hydrogen (secondary N) is 1. The molecule has 3 heteroatoms. The summed E-state index contributed by atoms with van der Waals surface area (Å²) in [7, 11) is 0. The first-order valence-electron chi connectivity index (χ1n) is 7.59. The van der Waals surface area contributed by atoms with Crippen molar-refractivity contribution in [1.82, 2.24) is 10.2 Å². The number of hydrogen-bond donors (Lipinski definition) is 2. The van der Waals surface area contributed by atoms with Gasteiger partial charge in [0.2, 0.25) is 0 Å². The van der Waals surface area contributed by atoms with E-state index in [0.717, 1.165) is 26.1 Å². The molecular weight excluding hydrogens is 224 g/mol. The summed E-state index contributed by atoms with van der Waals surface area (Å²) in [6.07, 6.45) is 4.89. The van der Waals surface area contributed by atoms with E-state index >= 15 is 0 Å². The highest BCUT2D eigenvalue weighted by atomic mass is 16.3. The third-order valence-electron chi connectivity index (χ3n) is 4.44. The van der Waals surface area contributed by atoms with E-state index in [4.69, 9.17) is 0 Å². The van der Waals surface area contributed by atoms with E-state index in [9.17, 15) is 5.11 Å². The lowest BCUT2D eigenvalue weighted by molar-refractivity contribution is 0.0473. The summed E-state index contributed by atoms with van der Waals surface area (Å²) in [4.78, 5) is 2.49. The molecule has 18 heavy (non-hydrogen) atoms. The molecule has 1 rings (SSSR count). The fourth-order valence-electron chi connectivity index (χ4n) is 2.77. The normalized spacial score (nSPS) is 24.2. The second kappa shape index (κ2) is 7.46. The highest BCUT2D eigenvalue weighted by Crippen LogP contribution is 2.26. The van der Waals surface area contributed by atoms with Gasteiger partial charge in [0, 0.05) is 18.6 Å². The van der Waals surface area contributed by atoms with Crippen molar-refractivity contribution in [1.29, 1.82) is 0 Å². The van der Waals surface area contributed by atoms with Crippen LogP contribution >= 0.6 is 0 Å². The molecule has 0 saturated carbocycles. The molecule has 0 radical (unpaired) electrons. The number of rotatable bonds is 7. The van der Waals surface area contributed by atoms with Gasteiger partial charge >= 0.3 is 0 Å². The number of aliphatic hydroxyl groups is 1. The van der Waals surface area contributed by atoms with E-state index in [1.54, 1.807) is 0 Å². The summed E-state index contributed by atoms with van der Waals surface area (Å²) in [5.74, 6) is 0. The van der Waals surface area contributed by atoms with E-state index < -0.39 is 0 Å². The van der Waals surface area contributed by atoms with Gasteiger partial charge in [0.25, 0.3) is 0 Å². The third-order valence-corrected chi connectivity index (χ3v) is 4.44. The monoisotopic (exact) mass is 256 g/mol. The average Bonchev–Trinajstić information content (AvgIpc) is 2.36. The van der Waals surface area contributed by atoms with Crippen LogP contribution in [0.5, 0.6) is 0 Å². The number of nitrogens with zero attached hydrogens (tertiary/aromatic N) is 1. The Bertz CT molecular complexity index is 231. The second-order valence-corrected chi connectivity index (χ2v) is 6.47. The molecule has 3 nitrogen and oxygen atoms in total. The number of piperidine rings is 1. The Kier molecular flexibility index (Phi) is 6.61. The van der Waals surface area contributed by atoms with Gasteiger partial charge in [0.05, 0.1) is 6.61 Å². The van der Waals surface area contributed by atoms with Gasteiger partial charge in [-0.05, 0) is 44.7 Å². The summed E-state index contributed by atoms with van der Waals surface area (Å²) in [6.45, 7) is 12.8. The second-order valence-electron chi connectivity index (χ2n) is 6.47. The van der Waals surface area contributed by atoms with Crippen molar-refractivity contribution in [3.8, 4) is 0 Å². The average molecular weight is 256 g/mol. The predicted molar refractivity (Wildman–Crippen MR) is 77.8 cm³/mol. The van der Waals surface area contributed by atoms with Crippen molar-refractivity contribution in [3.05, 3.63) is 0 Å². The maximum atomic E-state index is 9.48. The summed E-state index contributed by atoms with van der Waals surface area (Å²) < 4.78 is 0. The molecule has 0 aliphatic carbocycles. The first-order valence-corrected chi connectivity index (χ1v) is 7.59. The molecule has 0 aromatic carbocycles. The standard InChI is InChI=1S/C15H32N2O/c1-5-9-16-13(2)15(3,4)12-17-10-7-6-8-14(17)11-18/h13-14,16,18H,5-12H2,1-4H3. The fourth-order valence-corrected chi connectivity index (χ4v) is 2.77. The van der Waals surface area contributed by atoms with Crippen molar-refractivity contribution >= 4 is 0 Å². The molecule has 2 unspecified atom stereocenters. The maximum absolute atomic E-state index is 9.48. The van der Waals surface area contributed by atoms with Crippen LogP contribution in [0.25, 0.3) is 0 Å². The van der Waals surface area contributed by atoms with Crippen LogP contribution in [0.15, 0.2) is 0 Å². The molecule has 1 heterocycles. The van der Waals surface area contributed by atoms with Gasteiger partial charge in [-0.25, -0.2) is 0 Å². The maximum Gasteiger partial charge on any atom is 0.0586 e. The summed E-state index contributed by atoms with van der Waals surface area (Å²) in [5.41, 5.74) is 0.250. The van der Waals surface area contributed by atoms with Crippen LogP contribution in [0.4, 0.5) is 0 Å². The predicted octanol–water partition coefficient (Wildman–Crippen LogP) is 2.25. The van der Waals surface area contributed by atoms with E-state index in [1.807, 2.05) is 0 Å². The minimum Gasteiger partial charge on any atom is -0.395 e. The molecule has 0 bridgehead atoms. The molecule has 0 aromatic rings. The smallest absolute Gasteiger partial charge is 0.0586 e. The van der Waals surface area contributed by atoms with E-state index in [2.05, 4.69) is 37.9 Å². The zero-order valence-electron chi connectivity index (χ0n) is 12.7. The van der Waals surface area contributed by atoms with Gasteiger partial charge in [0.15, 0.2) is 0 Å². The fraction of sp³-hybridized carbons (Fsp3) is 1.00. The van der Waals surface area contributed by atoms with E-state index in [0.29, 0.717) is 18.7 Å². The van der Waals surface area contributed by atoms with Gasteiger partial charge < -0.3 is 10.4 Å². The Morgan fingerprint density at radius 1 is 1.39 bits per heavy atom. The number of aliphatic hydroxyl groups excluding tert-OH is 1. The van der Waals surface area contributed by atoms with Crippen molar-refractivity contribution in [3.63, 3.8) is 0 Å². The Morgan fingerprint density at radius 2 is 2.11 bits per heavy atom. The third kappa shape index (κ3) is 4.52. The molecule has 2 N–H and O–H groups in total. The van der Waals surface area contributed by atoms with Crippen LogP contribution < -0.4 is 5.32 Å². The van der Waals surface area contributed by atoms with Crippen LogP contribution in [0, 0.1) is 5.41 Å². The minimum atomic E-state index is 0.250. The zero-order chi connectivity index (χ0) is 13.6. The van der Waals surface area contributed by atoms with E-state index in [1.165, 1.54) is 19.3 Å². The first kappa shape index (κ1) is 15.9. The van der Waals surface area contributed by atoms with Crippen molar-refractivity contribution in [2.45, 2.75) is 65.5 Å². The van der Waals surface area contributed by atoms with Gasteiger partial charge in [-0.1, -0.05) is 27.2 Å². The summed E-state index contributed by atoms with van der Waals surface area (Å²) in [6, 6.07) is 0.898. The SMILES string of the molecule is CCCNC(C)C(C)(C)CN1CCCCC1CO. The zero-order valence-corrected chi connectivity index (χ0v) is 12.7. The van der Waals surface area contributed by atoms with Crippen molar-refractivity contribution in [2.24, 2.45) is 5.41 Å². The highest BCUT2D eigenvalue weighted by Gasteiger charge is 2.31. The summed E-state index contributed by atoms with van der Waals surface area (Å²) >= 11 is 0. The highest BCUT2D eigenvalue weighted by molar-refractivity contribution is 4.87. The molecule has 0 spiro atoms. The lowest BCUT2D eigenvalue weighted by Gasteiger charge is -2.42. The number of likely N-dealkylation sites (tertiary alicyclic amines) is 1. The molecule has 1 aliphatic heterocycles. The lowest BCUT2D eigenvalue weighted by atomic mass is 9.83. The molecule has 0 aromatic heterocycles. The Balaban J connectivity index is 2.51. The Morgan fingerprint density at radius 3 is 2.72 bits per heavy atom. The van der Waals surface area contributed by atoms with Crippen molar-refractivity contribution in [2.75, 3.05) is 26.2 Å². The van der Waals surface area contributed by atoms with E-state index in [-0.39, 0.29) is 5.41 Å². The van der Waals surface area contributed by atoms with Crippen LogP contribution in [0.1, 0.15) is 53.4 Å². The van der Waals surface area contributed by atoms with Gasteiger partial charge in [0.1, 0.15) is 0 Å². The molecular formula is C15H32N2O. The Hall–Kier alpha value is -0.120. The summed E-state index contributed by atoms with van der Waals surface area (Å²) in [5, 5.41) is 13.1. The molecule has 1 aliphatic rings. The van der Waals surface area contributed by atoms with Gasteiger partial charge in [-0.2, -0.15) is 0 Å². The molecule has 2 atom stereocenters. The number of hydrogen-bond acceptors (Lipinski definition) is 3. The topological polar surface area (TPSA) is 35.5 Å². The quantitative estimate of drug-likeness (QED) is 0.733. The molecule has 108 valence electrons. The van der Waals surface area contributed by atoms with Crippen LogP contribution in [-0.4, -0.2) is 48.3 Å². The van der Waals surface area contributed by atoms with Crippen LogP contribution in [0.3, 0.4) is 0 Å². The molecule has 0 amide bonds. The van der Waals surface area contributed by atoms with Gasteiger partial charge in [-0.15, -0.1) is 0 Å². The minimum absolute atomic E-state index is 0.250. The first-order chi connectivity index (χ1) is 8.51. The van der Waals surface area contributed by atoms with Gasteiger partial charge in [-0.3, -0.25) is 4.90 Å². The Labute approximate surface area is 113 Å². The van der Waals surface area contributed by atoms with Crippen LogP contribution in [-0.2, 0) is 0 Å². The van der Waals surface area contributed by atoms with Crippen molar-refractivity contribution < 1.29 is 5.11 Å². The lowest BCUT2D eigenvalue weighted by Crippen LogP contribution is -2.51. The largest absolute Gasteiger partial charge is 0.395 e. The van der Waals surface area contributed by atoms with Crippen LogP contribution in [0.2, 0.25) is 0 Å².